The van der Waals surface area contributed by atoms with Crippen LogP contribution in [-0.2, 0) is 166 Å². The van der Waals surface area contributed by atoms with E-state index in [1.165, 1.54) is 237 Å². The van der Waals surface area contributed by atoms with Crippen molar-refractivity contribution in [3.63, 3.8) is 0 Å². The Labute approximate surface area is 984 Å². The molecular weight excluding hydrogens is 2260 g/mol. The second-order valence-electron chi connectivity index (χ2n) is 38.9. The number of rotatable bonds is 30. The fourth-order valence-corrected chi connectivity index (χ4v) is 23.0. The summed E-state index contributed by atoms with van der Waals surface area (Å²) in [5, 5.41) is 104. The molecule has 0 aliphatic carbocycles. The Hall–Kier alpha value is -2.19. The molecule has 12 aromatic rings. The molecule has 0 radical (unpaired) electrons. The van der Waals surface area contributed by atoms with Crippen molar-refractivity contribution in [3.05, 3.63) is 349 Å². The molecule has 30 heteroatoms. The van der Waals surface area contributed by atoms with E-state index in [0.717, 1.165) is 93.3 Å². The molecule has 0 fully saturated rings. The Kier molecular flexibility index (Phi) is 74.3. The fraction of sp³-hybridized carbons (Fsp3) is 0.379. The molecule has 12 nitrogen and oxygen atoms in total. The van der Waals surface area contributed by atoms with Crippen LogP contribution in [0.25, 0.3) is 31.9 Å². The second-order valence-corrected chi connectivity index (χ2v) is 46.6. The summed E-state index contributed by atoms with van der Waals surface area (Å²) in [7, 11) is 30.6. The van der Waals surface area contributed by atoms with E-state index in [-0.39, 0.29) is 10.8 Å². The van der Waals surface area contributed by atoms with Gasteiger partial charge in [-0.2, -0.15) is 0 Å². The maximum absolute atomic E-state index is 10.9. The molecule has 780 valence electrons. The van der Waals surface area contributed by atoms with Crippen LogP contribution in [0.2, 0.25) is 0 Å². The number of benzene rings is 12. The molecule has 0 heterocycles. The molecule has 0 spiro atoms. The average Bonchev–Trinajstić information content (AvgIpc) is 0.795. The number of hydrogen-bond donors (Lipinski definition) is 6. The van der Waals surface area contributed by atoms with E-state index >= 15 is 0 Å². The van der Waals surface area contributed by atoms with Crippen molar-refractivity contribution in [3.8, 4) is 34.5 Å². The summed E-state index contributed by atoms with van der Waals surface area (Å²) in [6.07, 6.45) is 0. The second kappa shape index (κ2) is 76.5. The topological polar surface area (TPSA) is 206 Å². The van der Waals surface area contributed by atoms with Gasteiger partial charge in [-0.3, -0.25) is 0 Å². The van der Waals surface area contributed by atoms with E-state index in [1.54, 1.807) is 12.1 Å². The van der Waals surface area contributed by atoms with Crippen molar-refractivity contribution in [1.82, 2.24) is 0 Å². The molecule has 6 N–H and O–H groups in total. The number of halogens is 6. The van der Waals surface area contributed by atoms with Gasteiger partial charge in [-0.1, -0.05) is 385 Å². The molecule has 0 saturated heterocycles. The third-order valence-electron chi connectivity index (χ3n) is 22.4. The first-order valence-electron chi connectivity index (χ1n) is 48.2. The van der Waals surface area contributed by atoms with Crippen LogP contribution in [0.3, 0.4) is 0 Å². The van der Waals surface area contributed by atoms with Gasteiger partial charge in [-0.25, -0.2) is 0 Å². The third-order valence-corrected chi connectivity index (χ3v) is 32.2. The number of para-hydroxylation sites is 2. The summed E-state index contributed by atoms with van der Waals surface area (Å²) < 4.78 is 0. The third kappa shape index (κ3) is 51.4. The summed E-state index contributed by atoms with van der Waals surface area (Å²) in [5.74, 6) is 2.49. The zero-order valence-corrected chi connectivity index (χ0v) is 111. The van der Waals surface area contributed by atoms with E-state index in [0.29, 0.717) is 122 Å². The monoisotopic (exact) mass is 2410 g/mol. The van der Waals surface area contributed by atoms with E-state index in [4.69, 9.17) is 0 Å². The average molecular weight is 2410 g/mol. The van der Waals surface area contributed by atoms with Crippen LogP contribution in [0.15, 0.2) is 206 Å². The van der Waals surface area contributed by atoms with Gasteiger partial charge in [0, 0.05) is 37.4 Å². The van der Waals surface area contributed by atoms with Gasteiger partial charge in [0.15, 0.2) is 0 Å². The van der Waals surface area contributed by atoms with Crippen molar-refractivity contribution in [2.45, 2.75) is 294 Å². The van der Waals surface area contributed by atoms with Crippen molar-refractivity contribution in [2.24, 2.45) is 0 Å². The van der Waals surface area contributed by atoms with E-state index in [9.17, 15) is 30.6 Å². The Morgan fingerprint density at radius 1 is 0.226 bits per heavy atom. The Morgan fingerprint density at radius 2 is 0.466 bits per heavy atom. The van der Waals surface area contributed by atoms with Crippen LogP contribution < -0.4 is 63.7 Å². The fourth-order valence-electron chi connectivity index (χ4n) is 14.6. The standard InChI is InChI=1S/2C22H31NOP.C19H25NOP.2C18H23NOP.C17H21NOP.6ClH.6Ti/c1-14(2)23-13-17-10-8-9-16(4)21(17)25-19-12-15(3)11-18(20(19)24)22(5,6)7;1-14(2)23-13-17-10-8-9-15(3)21(17)25-19-12-18(22(5,6)7)11-16(4)20(19)24;1-12(2)20-11-16-8-6-7-14(4)19(16)22-17-10-13(3)9-15(5)18(17)21;1-12(2)19-11-15-9-5-8-14(4)18(15)21-16-10-6-7-13(3)17(16)20;1-12(2)19-11-15-7-5-6-14(4)18(15)21-17-10-13(3)8-9-16(17)20;1-12(2)18-11-14-8-6-7-13(3)17(14)20-16-10-5-4-9-15(16)19;;;;;;;;;;;;/h2*8-12,14,24-25H,13H2,1-7H3;6-10,12,21-22H,11H2,1-5H3;2*5-10,12,20-21H,11H2,1-4H3;4-10,12,19-20H,11H2,1-3H3;6*1H;;;;;;/q6*-1;;;;;;;6*+2/p-6. The van der Waals surface area contributed by atoms with Gasteiger partial charge in [0.05, 0.1) is 0 Å². The molecule has 12 aromatic carbocycles. The molecule has 146 heavy (non-hydrogen) atoms. The zero-order valence-electron chi connectivity index (χ0n) is 91.0. The van der Waals surface area contributed by atoms with Gasteiger partial charge in [0.2, 0.25) is 0 Å². The first-order valence-corrected chi connectivity index (χ1v) is 67.1. The summed E-state index contributed by atoms with van der Waals surface area (Å²) >= 11 is 8.83. The number of phenols is 6. The Morgan fingerprint density at radius 3 is 0.774 bits per heavy atom. The van der Waals surface area contributed by atoms with Gasteiger partial charge < -0.3 is 62.5 Å². The maximum atomic E-state index is 10.9. The molecule has 0 bridgehead atoms. The molecule has 6 atom stereocenters. The van der Waals surface area contributed by atoms with Crippen LogP contribution in [-0.4, -0.2) is 66.9 Å². The van der Waals surface area contributed by atoms with Crippen LogP contribution in [0.5, 0.6) is 34.5 Å². The molecule has 0 aliphatic rings. The number of nitrogens with zero attached hydrogens (tertiary/aromatic N) is 6. The normalized spacial score (nSPS) is 11.2. The Bertz CT molecular complexity index is 5740. The number of aryl methyl sites for hydroxylation is 12. The van der Waals surface area contributed by atoms with Gasteiger partial charge in [-0.15, -0.1) is 75.5 Å². The molecule has 6 unspecified atom stereocenters. The van der Waals surface area contributed by atoms with E-state index < -0.39 is 0 Å². The van der Waals surface area contributed by atoms with E-state index in [2.05, 4.69) is 420 Å². The minimum absolute atomic E-state index is 0.0687. The summed E-state index contributed by atoms with van der Waals surface area (Å²) in [6.45, 7) is 67.8. The SMILES string of the molecule is Cc1cc(C(C)(C)C)cc(Pc2c(C)cccc2C[N-]C(C)C)c1O.Cc1cc(C)c(O)c(Pc2c(C)cccc2C[N-]C(C)C)c1.Cc1cc(Pc2c(C)cccc2C[N-]C(C)C)c(O)c(C(C)(C)C)c1.Cc1ccc(O)c(Pc2c(C)cccc2C[N-]C(C)C)c1.Cc1cccc(C[N-]C(C)C)c1Pc1ccccc1O.Cc1cccc(Pc2c(C)cccc2C[N-]C(C)C)c1O.[Cl][Ti+].[Cl][Ti+].[Cl][Ti+].[Cl][Ti+].[Cl][Ti+].[Cl][Ti+]. The molecule has 0 aliphatic heterocycles. The summed E-state index contributed by atoms with van der Waals surface area (Å²) in [4.78, 5) is 0. The Balaban J connectivity index is 0.000000858. The van der Waals surface area contributed by atoms with Crippen molar-refractivity contribution >= 4 is 171 Å². The number of phenolic OH excluding ortho intramolecular Hbond substituents is 6. The van der Waals surface area contributed by atoms with Gasteiger partial charge >= 0.3 is 172 Å². The first kappa shape index (κ1) is 142. The molecule has 0 aromatic heterocycles. The van der Waals surface area contributed by atoms with Crippen LogP contribution in [0, 0.1) is 83.1 Å². The molecule has 0 saturated carbocycles. The molecular formula is C116H154Cl6N6O6P6Ti6. The predicted octanol–water partition coefficient (Wildman–Crippen LogP) is 30.2. The van der Waals surface area contributed by atoms with Gasteiger partial charge in [0.1, 0.15) is 34.5 Å². The van der Waals surface area contributed by atoms with E-state index in [1.807, 2.05) is 69.3 Å². The predicted molar refractivity (Wildman–Crippen MR) is 635 cm³/mol. The van der Waals surface area contributed by atoms with Crippen molar-refractivity contribution in [1.29, 1.82) is 0 Å². The molecule has 0 amide bonds. The van der Waals surface area contributed by atoms with Crippen LogP contribution in [0.1, 0.15) is 236 Å². The van der Waals surface area contributed by atoms with Crippen LogP contribution >= 0.6 is 107 Å². The molecule has 12 rings (SSSR count). The van der Waals surface area contributed by atoms with Gasteiger partial charge in [0.25, 0.3) is 0 Å². The first-order chi connectivity index (χ1) is 69.1. The quantitative estimate of drug-likeness (QED) is 0.0191. The minimum atomic E-state index is -0.0725. The number of hydrogen-bond acceptors (Lipinski definition) is 6. The summed E-state index contributed by atoms with van der Waals surface area (Å²) in [5.41, 5.74) is 23.9. The van der Waals surface area contributed by atoms with Gasteiger partial charge in [-0.05, 0) is 229 Å². The zero-order chi connectivity index (χ0) is 111. The van der Waals surface area contributed by atoms with Crippen molar-refractivity contribution in [2.75, 3.05) is 0 Å². The van der Waals surface area contributed by atoms with Crippen molar-refractivity contribution < 1.29 is 147 Å². The summed E-state index contributed by atoms with van der Waals surface area (Å²) in [6, 6.07) is 72.3. The van der Waals surface area contributed by atoms with Crippen LogP contribution in [0.4, 0.5) is 0 Å². The number of aromatic hydroxyl groups is 6.